The summed E-state index contributed by atoms with van der Waals surface area (Å²) in [5.74, 6) is 3.99. The molecule has 88 heavy (non-hydrogen) atoms. The van der Waals surface area contributed by atoms with Crippen LogP contribution in [0.5, 0.6) is 46.0 Å². The van der Waals surface area contributed by atoms with Crippen molar-refractivity contribution in [1.82, 2.24) is 0 Å². The van der Waals surface area contributed by atoms with E-state index in [4.69, 9.17) is 18.9 Å². The molecule has 0 radical (unpaired) electrons. The average molecular weight is 1170 g/mol. The summed E-state index contributed by atoms with van der Waals surface area (Å²) < 4.78 is 52.0. The molecule has 0 amide bonds. The van der Waals surface area contributed by atoms with E-state index in [1.165, 1.54) is 35.4 Å². The number of carbonyl (C=O) groups is 3. The van der Waals surface area contributed by atoms with Crippen molar-refractivity contribution in [2.75, 3.05) is 0 Å². The van der Waals surface area contributed by atoms with E-state index in [0.717, 1.165) is 33.4 Å². The topological polar surface area (TPSA) is 122 Å². The van der Waals surface area contributed by atoms with E-state index in [1.807, 2.05) is 86.6 Å². The zero-order chi connectivity index (χ0) is 60.4. The molecule has 12 aromatic rings. The van der Waals surface area contributed by atoms with E-state index >= 15 is 0 Å². The molecular weight excluding hydrogens is 1110 g/mol. The molecular formula is C78H54O9S. The second kappa shape index (κ2) is 23.7. The standard InChI is InChI=1S/C78H54O9S/c1-51-11-15-53(16-12-51)75(79)55-19-31-61(32-20-55)84-65-39-27-59(28-40-65)78(73-9-5-3-7-71(73)72-8-4-6-10-74(72)78)60-29-41-66(42-30-60)85-62-33-23-57(24-34-62)77(81)58-25-37-64(38-26-58)87-68-45-49-70(50-46-68)88(82,83)69-47-43-67(44-48-69)86-63-35-21-56(22-36-63)76(80)54-17-13-52(2)14-18-54/h3-50H,1-2H3. The van der Waals surface area contributed by atoms with Crippen LogP contribution in [0.15, 0.2) is 301 Å². The van der Waals surface area contributed by atoms with Crippen LogP contribution in [0.4, 0.5) is 0 Å². The molecule has 0 aliphatic heterocycles. The van der Waals surface area contributed by atoms with Gasteiger partial charge in [0.05, 0.1) is 15.2 Å². The molecule has 426 valence electrons. The monoisotopic (exact) mass is 1170 g/mol. The van der Waals surface area contributed by atoms with Gasteiger partial charge in [0, 0.05) is 33.4 Å². The van der Waals surface area contributed by atoms with Crippen LogP contribution in [0.2, 0.25) is 0 Å². The lowest BCUT2D eigenvalue weighted by Crippen LogP contribution is -2.28. The van der Waals surface area contributed by atoms with Crippen LogP contribution in [-0.4, -0.2) is 25.8 Å². The molecule has 1 aliphatic rings. The predicted octanol–water partition coefficient (Wildman–Crippen LogP) is 18.4. The molecule has 0 saturated heterocycles. The highest BCUT2D eigenvalue weighted by Gasteiger charge is 2.46. The first-order chi connectivity index (χ1) is 42.8. The van der Waals surface area contributed by atoms with E-state index in [0.29, 0.717) is 79.4 Å². The fraction of sp³-hybridized carbons (Fsp3) is 0.0385. The van der Waals surface area contributed by atoms with E-state index in [-0.39, 0.29) is 27.1 Å². The molecule has 1 aliphatic carbocycles. The van der Waals surface area contributed by atoms with Crippen molar-refractivity contribution in [2.45, 2.75) is 29.1 Å². The molecule has 13 rings (SSSR count). The lowest BCUT2D eigenvalue weighted by molar-refractivity contribution is 0.103. The van der Waals surface area contributed by atoms with Gasteiger partial charge < -0.3 is 18.9 Å². The molecule has 0 bridgehead atoms. The van der Waals surface area contributed by atoms with Gasteiger partial charge in [-0.3, -0.25) is 14.4 Å². The van der Waals surface area contributed by atoms with Gasteiger partial charge in [0.2, 0.25) is 9.84 Å². The Morgan fingerprint density at radius 3 is 0.750 bits per heavy atom. The number of hydrogen-bond donors (Lipinski definition) is 0. The summed E-state index contributed by atoms with van der Waals surface area (Å²) in [5.41, 5.74) is 11.6. The quantitative estimate of drug-likeness (QED) is 0.0773. The Hall–Kier alpha value is -11.2. The van der Waals surface area contributed by atoms with Gasteiger partial charge in [-0.15, -0.1) is 0 Å². The van der Waals surface area contributed by atoms with Crippen molar-refractivity contribution in [3.8, 4) is 57.1 Å². The lowest BCUT2D eigenvalue weighted by Gasteiger charge is -2.34. The first kappa shape index (κ1) is 56.0. The Morgan fingerprint density at radius 1 is 0.273 bits per heavy atom. The highest BCUT2D eigenvalue weighted by molar-refractivity contribution is 7.91. The summed E-state index contributed by atoms with van der Waals surface area (Å²) in [6.45, 7) is 3.97. The summed E-state index contributed by atoms with van der Waals surface area (Å²) in [6, 6.07) is 88.6. The molecule has 0 atom stereocenters. The maximum Gasteiger partial charge on any atom is 0.206 e. The second-order valence-electron chi connectivity index (χ2n) is 21.6. The smallest absolute Gasteiger partial charge is 0.206 e. The maximum absolute atomic E-state index is 13.7. The van der Waals surface area contributed by atoms with E-state index < -0.39 is 15.3 Å². The average Bonchev–Trinajstić information content (AvgIpc) is 1.55. The molecule has 12 aromatic carbocycles. The van der Waals surface area contributed by atoms with Crippen LogP contribution < -0.4 is 18.9 Å². The van der Waals surface area contributed by atoms with Gasteiger partial charge in [0.1, 0.15) is 46.0 Å². The number of rotatable bonds is 18. The fourth-order valence-corrected chi connectivity index (χ4v) is 12.5. The van der Waals surface area contributed by atoms with Crippen LogP contribution in [0, 0.1) is 13.8 Å². The summed E-state index contributed by atoms with van der Waals surface area (Å²) in [4.78, 5) is 39.9. The molecule has 0 N–H and O–H groups in total. The summed E-state index contributed by atoms with van der Waals surface area (Å²) >= 11 is 0. The highest BCUT2D eigenvalue weighted by Crippen LogP contribution is 2.56. The number of carbonyl (C=O) groups excluding carboxylic acids is 3. The van der Waals surface area contributed by atoms with Crippen LogP contribution in [0.25, 0.3) is 11.1 Å². The van der Waals surface area contributed by atoms with Crippen molar-refractivity contribution < 1.29 is 41.7 Å². The summed E-state index contributed by atoms with van der Waals surface area (Å²) in [5, 5.41) is 0. The summed E-state index contributed by atoms with van der Waals surface area (Å²) in [6.07, 6.45) is 0. The van der Waals surface area contributed by atoms with Crippen molar-refractivity contribution in [1.29, 1.82) is 0 Å². The molecule has 0 aromatic heterocycles. The molecule has 9 nitrogen and oxygen atoms in total. The predicted molar refractivity (Wildman–Crippen MR) is 341 cm³/mol. The zero-order valence-electron chi connectivity index (χ0n) is 47.8. The van der Waals surface area contributed by atoms with Gasteiger partial charge in [-0.2, -0.15) is 0 Å². The number of benzene rings is 12. The fourth-order valence-electron chi connectivity index (χ4n) is 11.2. The molecule has 0 spiro atoms. The molecule has 0 unspecified atom stereocenters. The van der Waals surface area contributed by atoms with Gasteiger partial charge in [0.15, 0.2) is 17.3 Å². The minimum absolute atomic E-state index is 0.0405. The third-order valence-corrected chi connectivity index (χ3v) is 17.6. The van der Waals surface area contributed by atoms with E-state index in [9.17, 15) is 22.8 Å². The molecule has 10 heteroatoms. The van der Waals surface area contributed by atoms with Crippen LogP contribution in [0.3, 0.4) is 0 Å². The number of ketones is 3. The first-order valence-corrected chi connectivity index (χ1v) is 30.1. The van der Waals surface area contributed by atoms with Crippen LogP contribution in [-0.2, 0) is 15.3 Å². The largest absolute Gasteiger partial charge is 0.457 e. The normalized spacial score (nSPS) is 12.1. The number of aryl methyl sites for hydroxylation is 2. The van der Waals surface area contributed by atoms with Crippen molar-refractivity contribution >= 4 is 27.2 Å². The van der Waals surface area contributed by atoms with Crippen molar-refractivity contribution in [3.05, 3.63) is 358 Å². The molecule has 0 heterocycles. The van der Waals surface area contributed by atoms with Gasteiger partial charge >= 0.3 is 0 Å². The number of sulfone groups is 1. The second-order valence-corrected chi connectivity index (χ2v) is 23.5. The Balaban J connectivity index is 0.639. The minimum atomic E-state index is -3.87. The Labute approximate surface area is 510 Å². The number of hydrogen-bond acceptors (Lipinski definition) is 9. The SMILES string of the molecule is Cc1ccc(C(=O)c2ccc(Oc3ccc(C4(c5ccc(Oc6ccc(C(=O)c7ccc(Oc8ccc(S(=O)(=O)c9ccc(Oc%10ccc(C(=O)c%11ccc(C)cc%11)cc%10)cc9)cc8)cc7)cc6)cc5)c5ccccc5-c5ccccc54)cc3)cc2)cc1. The van der Waals surface area contributed by atoms with Crippen molar-refractivity contribution in [2.24, 2.45) is 0 Å². The molecule has 0 saturated carbocycles. The van der Waals surface area contributed by atoms with Gasteiger partial charge in [-0.25, -0.2) is 8.42 Å². The van der Waals surface area contributed by atoms with Crippen LogP contribution in [0.1, 0.15) is 81.1 Å². The molecule has 0 fully saturated rings. The Morgan fingerprint density at radius 2 is 0.489 bits per heavy atom. The summed E-state index contributed by atoms with van der Waals surface area (Å²) in [7, 11) is -3.87. The Kier molecular flexibility index (Phi) is 15.1. The first-order valence-electron chi connectivity index (χ1n) is 28.6. The lowest BCUT2D eigenvalue weighted by atomic mass is 9.68. The minimum Gasteiger partial charge on any atom is -0.457 e. The maximum atomic E-state index is 13.7. The third kappa shape index (κ3) is 11.2. The van der Waals surface area contributed by atoms with Gasteiger partial charge in [0.25, 0.3) is 0 Å². The van der Waals surface area contributed by atoms with Gasteiger partial charge in [-0.05, 0) is 217 Å². The number of ether oxygens (including phenoxy) is 4. The zero-order valence-corrected chi connectivity index (χ0v) is 48.6. The van der Waals surface area contributed by atoms with Crippen LogP contribution >= 0.6 is 0 Å². The highest BCUT2D eigenvalue weighted by atomic mass is 32.2. The van der Waals surface area contributed by atoms with E-state index in [1.54, 1.807) is 121 Å². The van der Waals surface area contributed by atoms with Gasteiger partial charge in [-0.1, -0.05) is 132 Å². The van der Waals surface area contributed by atoms with Crippen molar-refractivity contribution in [3.63, 3.8) is 0 Å². The Bertz CT molecular complexity index is 4610. The van der Waals surface area contributed by atoms with E-state index in [2.05, 4.69) is 72.8 Å². The number of fused-ring (bicyclic) bond motifs is 3. The third-order valence-electron chi connectivity index (χ3n) is 15.8.